The van der Waals surface area contributed by atoms with Crippen LogP contribution in [0.1, 0.15) is 6.42 Å². The molecular weight excluding hydrogens is 240 g/mol. The highest BCUT2D eigenvalue weighted by molar-refractivity contribution is 5.53. The molecule has 0 saturated carbocycles. The predicted octanol–water partition coefficient (Wildman–Crippen LogP) is 2.08. The Bertz CT molecular complexity index is 552. The number of aromatic nitrogens is 2. The second-order valence-corrected chi connectivity index (χ2v) is 4.56. The van der Waals surface area contributed by atoms with E-state index in [1.54, 1.807) is 6.20 Å². The SMILES string of the molecule is C=NO[C@@H]1CCN(c2cccc(-n3cccn3)c2)C1. The van der Waals surface area contributed by atoms with Gasteiger partial charge in [-0.1, -0.05) is 6.07 Å². The zero-order chi connectivity index (χ0) is 13.1. The van der Waals surface area contributed by atoms with Gasteiger partial charge in [0, 0.05) is 37.8 Å². The minimum Gasteiger partial charge on any atom is -0.391 e. The lowest BCUT2D eigenvalue weighted by Crippen LogP contribution is -2.22. The Balaban J connectivity index is 1.79. The molecule has 0 spiro atoms. The van der Waals surface area contributed by atoms with Crippen molar-refractivity contribution in [3.05, 3.63) is 42.7 Å². The number of anilines is 1. The standard InChI is InChI=1S/C14H16N4O/c1-15-19-14-6-9-17(11-14)12-4-2-5-13(10-12)18-8-3-7-16-18/h2-5,7-8,10,14H,1,6,9,11H2/t14-/m1/s1. The van der Waals surface area contributed by atoms with E-state index in [0.717, 1.165) is 25.2 Å². The summed E-state index contributed by atoms with van der Waals surface area (Å²) in [6, 6.07) is 10.3. The Morgan fingerprint density at radius 2 is 2.21 bits per heavy atom. The van der Waals surface area contributed by atoms with Crippen molar-refractivity contribution in [2.75, 3.05) is 18.0 Å². The van der Waals surface area contributed by atoms with Gasteiger partial charge in [-0.2, -0.15) is 5.10 Å². The fourth-order valence-corrected chi connectivity index (χ4v) is 2.41. The fourth-order valence-electron chi connectivity index (χ4n) is 2.41. The summed E-state index contributed by atoms with van der Waals surface area (Å²) in [5, 5.41) is 7.76. The van der Waals surface area contributed by atoms with E-state index in [1.807, 2.05) is 29.1 Å². The fraction of sp³-hybridized carbons (Fsp3) is 0.286. The first-order valence-electron chi connectivity index (χ1n) is 6.34. The number of rotatable bonds is 4. The minimum atomic E-state index is 0.144. The highest BCUT2D eigenvalue weighted by Gasteiger charge is 2.24. The zero-order valence-electron chi connectivity index (χ0n) is 10.6. The average molecular weight is 256 g/mol. The molecule has 2 aromatic rings. The normalized spacial score (nSPS) is 18.5. The molecule has 0 bridgehead atoms. The van der Waals surface area contributed by atoms with E-state index in [-0.39, 0.29) is 6.10 Å². The molecule has 0 unspecified atom stereocenters. The Morgan fingerprint density at radius 1 is 1.32 bits per heavy atom. The molecule has 5 heteroatoms. The van der Waals surface area contributed by atoms with Crippen molar-refractivity contribution in [2.45, 2.75) is 12.5 Å². The van der Waals surface area contributed by atoms with Crippen LogP contribution in [0.25, 0.3) is 5.69 Å². The van der Waals surface area contributed by atoms with Crippen LogP contribution in [0.2, 0.25) is 0 Å². The maximum atomic E-state index is 5.21. The molecule has 98 valence electrons. The van der Waals surface area contributed by atoms with Crippen LogP contribution in [0.3, 0.4) is 0 Å². The molecule has 0 amide bonds. The molecule has 3 rings (SSSR count). The maximum absolute atomic E-state index is 5.21. The summed E-state index contributed by atoms with van der Waals surface area (Å²) in [7, 11) is 0. The highest BCUT2D eigenvalue weighted by Crippen LogP contribution is 2.24. The van der Waals surface area contributed by atoms with E-state index in [4.69, 9.17) is 4.84 Å². The molecule has 19 heavy (non-hydrogen) atoms. The molecule has 1 aliphatic rings. The lowest BCUT2D eigenvalue weighted by Gasteiger charge is -2.18. The van der Waals surface area contributed by atoms with Crippen molar-refractivity contribution in [3.8, 4) is 5.69 Å². The first-order valence-corrected chi connectivity index (χ1v) is 6.34. The van der Waals surface area contributed by atoms with Gasteiger partial charge in [0.25, 0.3) is 0 Å². The highest BCUT2D eigenvalue weighted by atomic mass is 16.6. The van der Waals surface area contributed by atoms with Gasteiger partial charge >= 0.3 is 0 Å². The van der Waals surface area contributed by atoms with Gasteiger partial charge in [-0.05, 0) is 24.3 Å². The van der Waals surface area contributed by atoms with Crippen molar-refractivity contribution in [2.24, 2.45) is 5.16 Å². The Kier molecular flexibility index (Phi) is 3.18. The third-order valence-electron chi connectivity index (χ3n) is 3.33. The van der Waals surface area contributed by atoms with Gasteiger partial charge in [0.2, 0.25) is 0 Å². The second-order valence-electron chi connectivity index (χ2n) is 4.56. The lowest BCUT2D eigenvalue weighted by atomic mass is 10.2. The van der Waals surface area contributed by atoms with Crippen molar-refractivity contribution in [1.29, 1.82) is 0 Å². The van der Waals surface area contributed by atoms with E-state index in [1.165, 1.54) is 5.69 Å². The van der Waals surface area contributed by atoms with Crippen LogP contribution in [0.5, 0.6) is 0 Å². The van der Waals surface area contributed by atoms with Gasteiger partial charge in [0.1, 0.15) is 6.10 Å². The predicted molar refractivity (Wildman–Crippen MR) is 74.8 cm³/mol. The van der Waals surface area contributed by atoms with Crippen LogP contribution < -0.4 is 4.90 Å². The zero-order valence-corrected chi connectivity index (χ0v) is 10.6. The number of hydrogen-bond acceptors (Lipinski definition) is 4. The van der Waals surface area contributed by atoms with Crippen LogP contribution in [0.15, 0.2) is 47.9 Å². The third-order valence-corrected chi connectivity index (χ3v) is 3.33. The lowest BCUT2D eigenvalue weighted by molar-refractivity contribution is 0.0770. The second kappa shape index (κ2) is 5.14. The minimum absolute atomic E-state index is 0.144. The van der Waals surface area contributed by atoms with Gasteiger partial charge in [-0.3, -0.25) is 0 Å². The number of hydrogen-bond donors (Lipinski definition) is 0. The molecule has 1 aliphatic heterocycles. The van der Waals surface area contributed by atoms with Crippen LogP contribution in [0, 0.1) is 0 Å². The summed E-state index contributed by atoms with van der Waals surface area (Å²) in [5.74, 6) is 0. The van der Waals surface area contributed by atoms with Gasteiger partial charge in [0.15, 0.2) is 0 Å². The van der Waals surface area contributed by atoms with E-state index >= 15 is 0 Å². The summed E-state index contributed by atoms with van der Waals surface area (Å²) in [4.78, 5) is 7.51. The summed E-state index contributed by atoms with van der Waals surface area (Å²) in [5.41, 5.74) is 2.25. The summed E-state index contributed by atoms with van der Waals surface area (Å²) < 4.78 is 1.86. The van der Waals surface area contributed by atoms with Gasteiger partial charge in [-0.15, -0.1) is 5.16 Å². The Hall–Kier alpha value is -2.30. The van der Waals surface area contributed by atoms with E-state index in [2.05, 4.69) is 34.0 Å². The largest absolute Gasteiger partial charge is 0.391 e. The molecule has 0 aliphatic carbocycles. The van der Waals surface area contributed by atoms with E-state index < -0.39 is 0 Å². The monoisotopic (exact) mass is 256 g/mol. The molecule has 1 aromatic carbocycles. The Morgan fingerprint density at radius 3 is 3.00 bits per heavy atom. The van der Waals surface area contributed by atoms with Crippen molar-refractivity contribution >= 4 is 12.4 Å². The van der Waals surface area contributed by atoms with Gasteiger partial charge < -0.3 is 9.74 Å². The molecule has 5 nitrogen and oxygen atoms in total. The summed E-state index contributed by atoms with van der Waals surface area (Å²) >= 11 is 0. The van der Waals surface area contributed by atoms with Gasteiger partial charge in [0.05, 0.1) is 12.2 Å². The molecule has 0 N–H and O–H groups in total. The molecule has 1 atom stereocenters. The smallest absolute Gasteiger partial charge is 0.146 e. The maximum Gasteiger partial charge on any atom is 0.146 e. The third kappa shape index (κ3) is 2.45. The molecular formula is C14H16N4O. The van der Waals surface area contributed by atoms with Crippen molar-refractivity contribution in [1.82, 2.24) is 9.78 Å². The molecule has 1 aromatic heterocycles. The van der Waals surface area contributed by atoms with Crippen LogP contribution >= 0.6 is 0 Å². The van der Waals surface area contributed by atoms with E-state index in [0.29, 0.717) is 0 Å². The number of benzene rings is 1. The topological polar surface area (TPSA) is 42.6 Å². The quantitative estimate of drug-likeness (QED) is 0.621. The molecule has 2 heterocycles. The number of oxime groups is 1. The van der Waals surface area contributed by atoms with E-state index in [9.17, 15) is 0 Å². The molecule has 1 saturated heterocycles. The van der Waals surface area contributed by atoms with Crippen molar-refractivity contribution < 1.29 is 4.84 Å². The molecule has 1 fully saturated rings. The average Bonchev–Trinajstić information content (AvgIpc) is 3.11. The van der Waals surface area contributed by atoms with Crippen LogP contribution in [-0.2, 0) is 4.84 Å². The summed E-state index contributed by atoms with van der Waals surface area (Å²) in [6.07, 6.45) is 4.84. The first kappa shape index (κ1) is 11.8. The van der Waals surface area contributed by atoms with Crippen LogP contribution in [-0.4, -0.2) is 35.7 Å². The van der Waals surface area contributed by atoms with Crippen LogP contribution in [0.4, 0.5) is 5.69 Å². The van der Waals surface area contributed by atoms with Crippen molar-refractivity contribution in [3.63, 3.8) is 0 Å². The first-order chi connectivity index (χ1) is 9.36. The van der Waals surface area contributed by atoms with Gasteiger partial charge in [-0.25, -0.2) is 4.68 Å². The Labute approximate surface area is 112 Å². The molecule has 0 radical (unpaired) electrons. The number of nitrogens with zero attached hydrogens (tertiary/aromatic N) is 4. The summed E-state index contributed by atoms with van der Waals surface area (Å²) in [6.45, 7) is 5.19.